The van der Waals surface area contributed by atoms with Crippen molar-refractivity contribution < 1.29 is 0 Å². The molecule has 0 aliphatic carbocycles. The monoisotopic (exact) mass is 275 g/mol. The number of halogens is 1. The minimum Gasteiger partial charge on any atom is -0.247 e. The van der Waals surface area contributed by atoms with Crippen LogP contribution in [0.1, 0.15) is 4.88 Å². The predicted molar refractivity (Wildman–Crippen MR) is 56.8 cm³/mol. The molecule has 0 aromatic carbocycles. The van der Waals surface area contributed by atoms with E-state index in [0.717, 1.165) is 13.9 Å². The van der Waals surface area contributed by atoms with Gasteiger partial charge in [-0.1, -0.05) is 0 Å². The summed E-state index contributed by atoms with van der Waals surface area (Å²) in [5.41, 5.74) is -0.842. The summed E-state index contributed by atoms with van der Waals surface area (Å²) in [7, 11) is 0. The fourth-order valence-electron chi connectivity index (χ4n) is 1.06. The lowest BCUT2D eigenvalue weighted by atomic mass is 10.4. The fourth-order valence-corrected chi connectivity index (χ4v) is 2.52. The smallest absolute Gasteiger partial charge is 0.247 e. The minimum atomic E-state index is -0.421. The Labute approximate surface area is 90.5 Å². The Kier molecular flexibility index (Phi) is 2.42. The number of H-pyrrole nitrogens is 2. The van der Waals surface area contributed by atoms with Gasteiger partial charge >= 0.3 is 11.4 Å². The maximum Gasteiger partial charge on any atom is 0.344 e. The van der Waals surface area contributed by atoms with Crippen LogP contribution in [0.15, 0.2) is 25.5 Å². The maximum atomic E-state index is 11.1. The van der Waals surface area contributed by atoms with Crippen LogP contribution < -0.4 is 11.4 Å². The van der Waals surface area contributed by atoms with Crippen molar-refractivity contribution in [3.8, 4) is 0 Å². The van der Waals surface area contributed by atoms with Gasteiger partial charge in [0.05, 0.1) is 6.54 Å². The molecule has 0 atom stereocenters. The molecule has 2 N–H and O–H groups in total. The van der Waals surface area contributed by atoms with Crippen LogP contribution in [0.2, 0.25) is 0 Å². The molecule has 0 radical (unpaired) electrons. The van der Waals surface area contributed by atoms with Crippen LogP contribution in [0.4, 0.5) is 0 Å². The largest absolute Gasteiger partial charge is 0.344 e. The minimum absolute atomic E-state index is 0.288. The standard InChI is InChI=1S/C7H6BrN3O2S/c8-4-1-2-14-5(4)3-11-6(12)9-10-7(11)13/h1-2H,3H2,(H,9,12)(H,10,13). The molecule has 2 heterocycles. The quantitative estimate of drug-likeness (QED) is 0.849. The van der Waals surface area contributed by atoms with Gasteiger partial charge in [0, 0.05) is 9.35 Å². The molecule has 0 saturated heterocycles. The molecule has 0 aliphatic heterocycles. The molecule has 0 fully saturated rings. The van der Waals surface area contributed by atoms with E-state index < -0.39 is 11.4 Å². The Bertz CT molecular complexity index is 522. The van der Waals surface area contributed by atoms with E-state index in [1.807, 2.05) is 11.4 Å². The summed E-state index contributed by atoms with van der Waals surface area (Å²) in [6.45, 7) is 0.288. The molecule has 0 saturated carbocycles. The molecule has 74 valence electrons. The van der Waals surface area contributed by atoms with E-state index in [1.165, 1.54) is 11.3 Å². The number of hydrogen-bond acceptors (Lipinski definition) is 3. The summed E-state index contributed by atoms with van der Waals surface area (Å²) in [5, 5.41) is 6.35. The second kappa shape index (κ2) is 3.58. The molecule has 2 aromatic heterocycles. The number of rotatable bonds is 2. The maximum absolute atomic E-state index is 11.1. The lowest BCUT2D eigenvalue weighted by Gasteiger charge is -1.96. The third kappa shape index (κ3) is 1.60. The molecule has 2 aromatic rings. The van der Waals surface area contributed by atoms with Gasteiger partial charge < -0.3 is 0 Å². The average Bonchev–Trinajstić information content (AvgIpc) is 2.67. The van der Waals surface area contributed by atoms with Gasteiger partial charge in [-0.05, 0) is 27.4 Å². The highest BCUT2D eigenvalue weighted by Crippen LogP contribution is 2.22. The van der Waals surface area contributed by atoms with Crippen molar-refractivity contribution in [2.45, 2.75) is 6.54 Å². The van der Waals surface area contributed by atoms with E-state index in [1.54, 1.807) is 0 Å². The van der Waals surface area contributed by atoms with Crippen LogP contribution in [0.5, 0.6) is 0 Å². The summed E-state index contributed by atoms with van der Waals surface area (Å²) < 4.78 is 2.02. The zero-order valence-corrected chi connectivity index (χ0v) is 9.31. The van der Waals surface area contributed by atoms with E-state index in [2.05, 4.69) is 26.1 Å². The molecule has 7 heteroatoms. The first-order chi connectivity index (χ1) is 6.68. The first-order valence-corrected chi connectivity index (χ1v) is 5.45. The van der Waals surface area contributed by atoms with E-state index in [0.29, 0.717) is 0 Å². The van der Waals surface area contributed by atoms with Crippen molar-refractivity contribution in [2.75, 3.05) is 0 Å². The van der Waals surface area contributed by atoms with Gasteiger partial charge in [0.1, 0.15) is 0 Å². The Hall–Kier alpha value is -1.08. The number of thiophene rings is 1. The molecule has 0 aliphatic rings. The lowest BCUT2D eigenvalue weighted by Crippen LogP contribution is -2.26. The number of nitrogens with zero attached hydrogens (tertiary/aromatic N) is 1. The molecular formula is C7H6BrN3O2S. The molecule has 5 nitrogen and oxygen atoms in total. The first kappa shape index (κ1) is 9.47. The number of hydrogen-bond donors (Lipinski definition) is 2. The normalized spacial score (nSPS) is 10.6. The average molecular weight is 276 g/mol. The van der Waals surface area contributed by atoms with Gasteiger partial charge in [0.15, 0.2) is 0 Å². The Morgan fingerprint density at radius 2 is 2.00 bits per heavy atom. The highest BCUT2D eigenvalue weighted by Gasteiger charge is 2.07. The summed E-state index contributed by atoms with van der Waals surface area (Å²) >= 11 is 4.83. The van der Waals surface area contributed by atoms with Gasteiger partial charge in [-0.25, -0.2) is 24.4 Å². The molecule has 0 bridgehead atoms. The lowest BCUT2D eigenvalue weighted by molar-refractivity contribution is 0.741. The highest BCUT2D eigenvalue weighted by atomic mass is 79.9. The van der Waals surface area contributed by atoms with Crippen molar-refractivity contribution >= 4 is 27.3 Å². The zero-order valence-electron chi connectivity index (χ0n) is 6.91. The Morgan fingerprint density at radius 1 is 1.36 bits per heavy atom. The molecule has 14 heavy (non-hydrogen) atoms. The third-order valence-electron chi connectivity index (χ3n) is 1.76. The van der Waals surface area contributed by atoms with Crippen molar-refractivity contribution in [2.24, 2.45) is 0 Å². The van der Waals surface area contributed by atoms with Crippen LogP contribution in [0, 0.1) is 0 Å². The first-order valence-electron chi connectivity index (χ1n) is 3.78. The number of aromatic amines is 2. The fraction of sp³-hybridized carbons (Fsp3) is 0.143. The van der Waals surface area contributed by atoms with E-state index in [4.69, 9.17) is 0 Å². The van der Waals surface area contributed by atoms with Crippen molar-refractivity contribution in [1.29, 1.82) is 0 Å². The van der Waals surface area contributed by atoms with E-state index >= 15 is 0 Å². The van der Waals surface area contributed by atoms with Gasteiger partial charge in [0.2, 0.25) is 0 Å². The van der Waals surface area contributed by atoms with E-state index in [9.17, 15) is 9.59 Å². The second-order valence-electron chi connectivity index (χ2n) is 2.64. The van der Waals surface area contributed by atoms with Crippen LogP contribution >= 0.6 is 27.3 Å². The highest BCUT2D eigenvalue weighted by molar-refractivity contribution is 9.10. The Morgan fingerprint density at radius 3 is 2.50 bits per heavy atom. The summed E-state index contributed by atoms with van der Waals surface area (Å²) in [6.07, 6.45) is 0. The van der Waals surface area contributed by atoms with Crippen molar-refractivity contribution in [3.05, 3.63) is 41.8 Å². The summed E-state index contributed by atoms with van der Waals surface area (Å²) in [5.74, 6) is 0. The van der Waals surface area contributed by atoms with Gasteiger partial charge in [-0.3, -0.25) is 0 Å². The Balaban J connectivity index is 2.41. The van der Waals surface area contributed by atoms with Crippen molar-refractivity contribution in [3.63, 3.8) is 0 Å². The third-order valence-corrected chi connectivity index (χ3v) is 3.67. The molecule has 2 rings (SSSR count). The van der Waals surface area contributed by atoms with Crippen LogP contribution in [-0.4, -0.2) is 14.8 Å². The SMILES string of the molecule is O=c1[nH][nH]c(=O)n1Cc1sccc1Br. The second-order valence-corrected chi connectivity index (χ2v) is 4.49. The zero-order chi connectivity index (χ0) is 10.1. The van der Waals surface area contributed by atoms with Crippen LogP contribution in [-0.2, 0) is 6.54 Å². The number of nitrogens with one attached hydrogen (secondary N) is 2. The van der Waals surface area contributed by atoms with Crippen molar-refractivity contribution in [1.82, 2.24) is 14.8 Å². The molecule has 0 amide bonds. The number of aromatic nitrogens is 3. The molecule has 0 unspecified atom stereocenters. The molecule has 0 spiro atoms. The molecular weight excluding hydrogens is 270 g/mol. The topological polar surface area (TPSA) is 70.7 Å². The van der Waals surface area contributed by atoms with Crippen LogP contribution in [0.25, 0.3) is 0 Å². The van der Waals surface area contributed by atoms with Gasteiger partial charge in [-0.15, -0.1) is 11.3 Å². The van der Waals surface area contributed by atoms with Crippen LogP contribution in [0.3, 0.4) is 0 Å². The van der Waals surface area contributed by atoms with Gasteiger partial charge in [-0.2, -0.15) is 0 Å². The predicted octanol–water partition coefficient (Wildman–Crippen LogP) is 0.737. The van der Waals surface area contributed by atoms with E-state index in [-0.39, 0.29) is 6.54 Å². The summed E-state index contributed by atoms with van der Waals surface area (Å²) in [4.78, 5) is 23.2. The van der Waals surface area contributed by atoms with Gasteiger partial charge in [0.25, 0.3) is 0 Å². The summed E-state index contributed by atoms with van der Waals surface area (Å²) in [6, 6.07) is 1.88.